The van der Waals surface area contributed by atoms with Gasteiger partial charge in [0.2, 0.25) is 17.7 Å². The second-order valence-electron chi connectivity index (χ2n) is 7.32. The van der Waals surface area contributed by atoms with E-state index in [-0.39, 0.29) is 48.4 Å². The Bertz CT molecular complexity index is 968. The van der Waals surface area contributed by atoms with Crippen LogP contribution in [0.2, 0.25) is 0 Å². The van der Waals surface area contributed by atoms with Gasteiger partial charge in [0.15, 0.2) is 5.76 Å². The van der Waals surface area contributed by atoms with Crippen molar-refractivity contribution in [3.63, 3.8) is 0 Å². The van der Waals surface area contributed by atoms with E-state index in [0.717, 1.165) is 10.5 Å². The summed E-state index contributed by atoms with van der Waals surface area (Å²) in [7, 11) is 0. The molecule has 1 fully saturated rings. The molecule has 154 valence electrons. The molecule has 1 aliphatic heterocycles. The SMILES string of the molecule is O=C(CN1C(=O)[C@H]2CC=CC[C@H]2C1=O)NCc1ccc(NC(=O)c2ccco2)cc1. The van der Waals surface area contributed by atoms with Crippen molar-refractivity contribution in [1.82, 2.24) is 10.2 Å². The van der Waals surface area contributed by atoms with E-state index in [0.29, 0.717) is 18.5 Å². The van der Waals surface area contributed by atoms with Gasteiger partial charge in [0.05, 0.1) is 18.1 Å². The van der Waals surface area contributed by atoms with E-state index in [9.17, 15) is 19.2 Å². The standard InChI is InChI=1S/C22H21N3O5/c26-19(13-25-21(28)16-4-1-2-5-17(16)22(25)29)23-12-14-7-9-15(10-8-14)24-20(27)18-6-3-11-30-18/h1-3,6-11,16-17H,4-5,12-13H2,(H,23,26)(H,24,27)/t16-,17+. The number of rotatable bonds is 6. The molecule has 0 saturated carbocycles. The van der Waals surface area contributed by atoms with Crippen LogP contribution >= 0.6 is 0 Å². The molecule has 2 N–H and O–H groups in total. The van der Waals surface area contributed by atoms with Crippen molar-refractivity contribution in [2.75, 3.05) is 11.9 Å². The maximum absolute atomic E-state index is 12.4. The Kier molecular flexibility index (Phi) is 5.47. The minimum absolute atomic E-state index is 0.216. The van der Waals surface area contributed by atoms with Crippen LogP contribution < -0.4 is 10.6 Å². The number of carbonyl (C=O) groups excluding carboxylic acids is 4. The zero-order valence-corrected chi connectivity index (χ0v) is 16.2. The van der Waals surface area contributed by atoms with E-state index in [4.69, 9.17) is 4.42 Å². The van der Waals surface area contributed by atoms with Gasteiger partial charge < -0.3 is 15.1 Å². The summed E-state index contributed by atoms with van der Waals surface area (Å²) in [5, 5.41) is 5.44. The largest absolute Gasteiger partial charge is 0.459 e. The predicted octanol–water partition coefficient (Wildman–Crippen LogP) is 2.10. The van der Waals surface area contributed by atoms with Crippen LogP contribution in [0.3, 0.4) is 0 Å². The van der Waals surface area contributed by atoms with E-state index < -0.39 is 5.91 Å². The summed E-state index contributed by atoms with van der Waals surface area (Å²) in [6, 6.07) is 10.2. The van der Waals surface area contributed by atoms with E-state index in [1.54, 1.807) is 36.4 Å². The first kappa shape index (κ1) is 19.6. The van der Waals surface area contributed by atoms with Gasteiger partial charge in [-0.1, -0.05) is 24.3 Å². The number of fused-ring (bicyclic) bond motifs is 1. The number of amides is 4. The van der Waals surface area contributed by atoms with Crippen molar-refractivity contribution >= 4 is 29.3 Å². The highest BCUT2D eigenvalue weighted by Crippen LogP contribution is 2.34. The molecule has 2 heterocycles. The van der Waals surface area contributed by atoms with Crippen molar-refractivity contribution < 1.29 is 23.6 Å². The Morgan fingerprint density at radius 3 is 2.27 bits per heavy atom. The highest BCUT2D eigenvalue weighted by Gasteiger charge is 2.47. The smallest absolute Gasteiger partial charge is 0.291 e. The number of anilines is 1. The summed E-state index contributed by atoms with van der Waals surface area (Å²) in [5.74, 6) is -1.72. The summed E-state index contributed by atoms with van der Waals surface area (Å²) in [6.07, 6.45) is 6.36. The van der Waals surface area contributed by atoms with Crippen LogP contribution in [0, 0.1) is 11.8 Å². The fraction of sp³-hybridized carbons (Fsp3) is 0.273. The molecule has 2 atom stereocenters. The van der Waals surface area contributed by atoms with Gasteiger partial charge in [-0.15, -0.1) is 0 Å². The molecule has 0 bridgehead atoms. The van der Waals surface area contributed by atoms with Crippen molar-refractivity contribution in [3.8, 4) is 0 Å². The van der Waals surface area contributed by atoms with Crippen molar-refractivity contribution in [1.29, 1.82) is 0 Å². The number of nitrogens with one attached hydrogen (secondary N) is 2. The molecule has 1 aromatic carbocycles. The first-order valence-electron chi connectivity index (χ1n) is 9.73. The Morgan fingerprint density at radius 2 is 1.67 bits per heavy atom. The molecule has 8 heteroatoms. The molecule has 2 aromatic rings. The van der Waals surface area contributed by atoms with Gasteiger partial charge in [-0.2, -0.15) is 0 Å². The minimum atomic E-state index is -0.390. The van der Waals surface area contributed by atoms with Crippen molar-refractivity contribution in [2.45, 2.75) is 19.4 Å². The Hall–Kier alpha value is -3.68. The average molecular weight is 407 g/mol. The normalized spacial score (nSPS) is 20.2. The molecule has 8 nitrogen and oxygen atoms in total. The number of imide groups is 1. The first-order chi connectivity index (χ1) is 14.5. The van der Waals surface area contributed by atoms with Gasteiger partial charge in [0.1, 0.15) is 6.54 Å². The highest BCUT2D eigenvalue weighted by atomic mass is 16.3. The molecule has 1 aromatic heterocycles. The summed E-state index contributed by atoms with van der Waals surface area (Å²) < 4.78 is 5.04. The molecule has 1 saturated heterocycles. The lowest BCUT2D eigenvalue weighted by Crippen LogP contribution is -2.40. The number of nitrogens with zero attached hydrogens (tertiary/aromatic N) is 1. The van der Waals surface area contributed by atoms with Gasteiger partial charge >= 0.3 is 0 Å². The average Bonchev–Trinajstić information content (AvgIpc) is 3.38. The molecule has 1 aliphatic carbocycles. The molecule has 4 rings (SSSR count). The van der Waals surface area contributed by atoms with E-state index >= 15 is 0 Å². The van der Waals surface area contributed by atoms with Crippen LogP contribution in [-0.2, 0) is 20.9 Å². The minimum Gasteiger partial charge on any atom is -0.459 e. The third kappa shape index (κ3) is 4.03. The third-order valence-corrected chi connectivity index (χ3v) is 5.35. The quantitative estimate of drug-likeness (QED) is 0.563. The van der Waals surface area contributed by atoms with Gasteiger partial charge in [0, 0.05) is 12.2 Å². The lowest BCUT2D eigenvalue weighted by Gasteiger charge is -2.14. The zero-order chi connectivity index (χ0) is 21.1. The molecular formula is C22H21N3O5. The summed E-state index contributed by atoms with van der Waals surface area (Å²) in [4.78, 5) is 50.1. The van der Waals surface area contributed by atoms with Crippen LogP contribution in [0.1, 0.15) is 29.0 Å². The molecule has 0 radical (unpaired) electrons. The molecule has 0 unspecified atom stereocenters. The Morgan fingerprint density at radius 1 is 1.00 bits per heavy atom. The first-order valence-corrected chi connectivity index (χ1v) is 9.73. The lowest BCUT2D eigenvalue weighted by atomic mass is 9.85. The number of allylic oxidation sites excluding steroid dienone is 2. The fourth-order valence-electron chi connectivity index (χ4n) is 3.73. The molecule has 0 spiro atoms. The number of furan rings is 1. The number of benzene rings is 1. The van der Waals surface area contributed by atoms with Crippen LogP contribution in [0.25, 0.3) is 0 Å². The maximum Gasteiger partial charge on any atom is 0.291 e. The second kappa shape index (κ2) is 8.36. The molecular weight excluding hydrogens is 386 g/mol. The zero-order valence-electron chi connectivity index (χ0n) is 16.2. The molecule has 4 amide bonds. The molecule has 30 heavy (non-hydrogen) atoms. The number of carbonyl (C=O) groups is 4. The van der Waals surface area contributed by atoms with E-state index in [2.05, 4.69) is 10.6 Å². The topological polar surface area (TPSA) is 109 Å². The van der Waals surface area contributed by atoms with Crippen LogP contribution in [0.15, 0.2) is 59.2 Å². The van der Waals surface area contributed by atoms with Gasteiger partial charge in [-0.25, -0.2) is 0 Å². The molecule has 2 aliphatic rings. The van der Waals surface area contributed by atoms with Crippen molar-refractivity contribution in [3.05, 3.63) is 66.1 Å². The van der Waals surface area contributed by atoms with Crippen LogP contribution in [0.4, 0.5) is 5.69 Å². The highest BCUT2D eigenvalue weighted by molar-refractivity contribution is 6.07. The number of hydrogen-bond donors (Lipinski definition) is 2. The fourth-order valence-corrected chi connectivity index (χ4v) is 3.73. The van der Waals surface area contributed by atoms with Gasteiger partial charge in [0.25, 0.3) is 5.91 Å². The van der Waals surface area contributed by atoms with E-state index in [1.807, 2.05) is 12.2 Å². The lowest BCUT2D eigenvalue weighted by molar-refractivity contribution is -0.143. The number of likely N-dealkylation sites (tertiary alicyclic amines) is 1. The Balaban J connectivity index is 1.27. The number of hydrogen-bond acceptors (Lipinski definition) is 5. The summed E-state index contributed by atoms with van der Waals surface area (Å²) in [6.45, 7) is -0.0160. The van der Waals surface area contributed by atoms with Crippen molar-refractivity contribution in [2.24, 2.45) is 11.8 Å². The predicted molar refractivity (Wildman–Crippen MR) is 107 cm³/mol. The van der Waals surface area contributed by atoms with Gasteiger partial charge in [-0.05, 0) is 42.7 Å². The van der Waals surface area contributed by atoms with Crippen LogP contribution in [0.5, 0.6) is 0 Å². The Labute approximate surface area is 172 Å². The van der Waals surface area contributed by atoms with Crippen LogP contribution in [-0.4, -0.2) is 35.1 Å². The summed E-state index contributed by atoms with van der Waals surface area (Å²) >= 11 is 0. The monoisotopic (exact) mass is 407 g/mol. The third-order valence-electron chi connectivity index (χ3n) is 5.35. The maximum atomic E-state index is 12.4. The second-order valence-corrected chi connectivity index (χ2v) is 7.32. The van der Waals surface area contributed by atoms with E-state index in [1.165, 1.54) is 6.26 Å². The summed E-state index contributed by atoms with van der Waals surface area (Å²) in [5.41, 5.74) is 1.41. The van der Waals surface area contributed by atoms with Gasteiger partial charge in [-0.3, -0.25) is 24.1 Å².